The van der Waals surface area contributed by atoms with E-state index in [9.17, 15) is 19.2 Å². The van der Waals surface area contributed by atoms with Gasteiger partial charge in [-0.15, -0.1) is 0 Å². The van der Waals surface area contributed by atoms with Gasteiger partial charge in [0.15, 0.2) is 0 Å². The third kappa shape index (κ3) is 6.79. The zero-order valence-corrected chi connectivity index (χ0v) is 23.4. The number of imide groups is 1. The molecule has 4 amide bonds. The summed E-state index contributed by atoms with van der Waals surface area (Å²) >= 11 is 6.39. The van der Waals surface area contributed by atoms with Gasteiger partial charge >= 0.3 is 6.09 Å². The number of nitrogens with zero attached hydrogens (tertiary/aromatic N) is 1. The molecule has 0 aromatic heterocycles. The van der Waals surface area contributed by atoms with E-state index in [0.717, 1.165) is 5.56 Å². The molecule has 0 aliphatic carbocycles. The first-order valence-corrected chi connectivity index (χ1v) is 13.1. The van der Waals surface area contributed by atoms with Crippen LogP contribution in [0.3, 0.4) is 0 Å². The van der Waals surface area contributed by atoms with E-state index in [4.69, 9.17) is 21.1 Å². The fraction of sp³-hybridized carbons (Fsp3) is 0.267. The van der Waals surface area contributed by atoms with Crippen LogP contribution in [0.4, 0.5) is 10.5 Å². The lowest BCUT2D eigenvalue weighted by molar-refractivity contribution is 0.0518. The minimum Gasteiger partial charge on any atom is -0.490 e. The van der Waals surface area contributed by atoms with Gasteiger partial charge in [-0.1, -0.05) is 35.9 Å². The second-order valence-corrected chi connectivity index (χ2v) is 10.7. The molecule has 208 valence electrons. The quantitative estimate of drug-likeness (QED) is 0.272. The van der Waals surface area contributed by atoms with Gasteiger partial charge in [0, 0.05) is 11.3 Å². The number of hydrogen-bond acceptors (Lipinski definition) is 6. The highest BCUT2D eigenvalue weighted by Gasteiger charge is 2.34. The Morgan fingerprint density at radius 1 is 0.950 bits per heavy atom. The first kappa shape index (κ1) is 28.6. The maximum Gasteiger partial charge on any atom is 0.407 e. The van der Waals surface area contributed by atoms with Crippen molar-refractivity contribution in [2.75, 3.05) is 18.5 Å². The van der Waals surface area contributed by atoms with Gasteiger partial charge in [-0.2, -0.15) is 0 Å². The van der Waals surface area contributed by atoms with E-state index in [-0.39, 0.29) is 42.4 Å². The zero-order chi connectivity index (χ0) is 29.0. The normalized spacial score (nSPS) is 12.7. The summed E-state index contributed by atoms with van der Waals surface area (Å²) in [6.07, 6.45) is -0.539. The highest BCUT2D eigenvalue weighted by molar-refractivity contribution is 6.32. The smallest absolute Gasteiger partial charge is 0.407 e. The molecule has 0 spiro atoms. The van der Waals surface area contributed by atoms with Crippen LogP contribution < -0.4 is 15.4 Å². The topological polar surface area (TPSA) is 114 Å². The van der Waals surface area contributed by atoms with E-state index in [1.807, 2.05) is 0 Å². The molecule has 9 nitrogen and oxygen atoms in total. The van der Waals surface area contributed by atoms with Crippen molar-refractivity contribution in [3.63, 3.8) is 0 Å². The monoisotopic (exact) mass is 563 g/mol. The van der Waals surface area contributed by atoms with E-state index in [0.29, 0.717) is 33.7 Å². The van der Waals surface area contributed by atoms with Crippen molar-refractivity contribution in [1.82, 2.24) is 10.2 Å². The third-order valence-electron chi connectivity index (χ3n) is 5.94. The molecule has 0 radical (unpaired) electrons. The van der Waals surface area contributed by atoms with Gasteiger partial charge in [0.25, 0.3) is 17.7 Å². The molecule has 0 fully saturated rings. The van der Waals surface area contributed by atoms with Crippen LogP contribution in [-0.2, 0) is 11.3 Å². The first-order chi connectivity index (χ1) is 18.9. The molecule has 3 aromatic carbocycles. The van der Waals surface area contributed by atoms with Gasteiger partial charge in [-0.3, -0.25) is 19.3 Å². The summed E-state index contributed by atoms with van der Waals surface area (Å²) in [5.41, 5.74) is 2.50. The second kappa shape index (κ2) is 11.8. The lowest BCUT2D eigenvalue weighted by atomic mass is 10.1. The fourth-order valence-electron chi connectivity index (χ4n) is 4.13. The number of halogens is 1. The van der Waals surface area contributed by atoms with Crippen LogP contribution >= 0.6 is 11.6 Å². The van der Waals surface area contributed by atoms with Crippen LogP contribution in [0.2, 0.25) is 5.02 Å². The number of anilines is 1. The molecule has 10 heteroatoms. The van der Waals surface area contributed by atoms with Crippen LogP contribution in [0.15, 0.2) is 60.7 Å². The Morgan fingerprint density at radius 3 is 2.15 bits per heavy atom. The largest absolute Gasteiger partial charge is 0.490 e. The van der Waals surface area contributed by atoms with Gasteiger partial charge in [-0.25, -0.2) is 4.79 Å². The molecule has 0 bridgehead atoms. The zero-order valence-electron chi connectivity index (χ0n) is 22.7. The molecular formula is C30H30ClN3O6. The standard InChI is InChI=1S/C30H30ClN3O6/c1-18-15-20(16-24(31)25(18)39-14-13-32-29(38)40-30(2,3)4)26(35)33-21-11-9-19(10-12-21)17-34-27(36)22-7-5-6-8-23(22)28(34)37/h5-12,15-16H,13-14,17H2,1-4H3,(H,32,38)(H,33,35). The van der Waals surface area contributed by atoms with Crippen molar-refractivity contribution >= 4 is 41.1 Å². The first-order valence-electron chi connectivity index (χ1n) is 12.7. The molecule has 0 saturated heterocycles. The number of carbonyl (C=O) groups is 4. The molecule has 4 rings (SSSR count). The Bertz CT molecular complexity index is 1410. The van der Waals surface area contributed by atoms with Gasteiger partial charge < -0.3 is 20.1 Å². The average molecular weight is 564 g/mol. The Balaban J connectivity index is 1.32. The van der Waals surface area contributed by atoms with Crippen LogP contribution in [-0.4, -0.2) is 47.5 Å². The van der Waals surface area contributed by atoms with Crippen molar-refractivity contribution < 1.29 is 28.7 Å². The lowest BCUT2D eigenvalue weighted by Gasteiger charge is -2.20. The predicted molar refractivity (Wildman–Crippen MR) is 151 cm³/mol. The number of hydrogen-bond donors (Lipinski definition) is 2. The second-order valence-electron chi connectivity index (χ2n) is 10.3. The van der Waals surface area contributed by atoms with Crippen molar-refractivity contribution in [2.24, 2.45) is 0 Å². The summed E-state index contributed by atoms with van der Waals surface area (Å²) in [7, 11) is 0. The molecule has 1 heterocycles. The van der Waals surface area contributed by atoms with E-state index in [1.165, 1.54) is 11.0 Å². The van der Waals surface area contributed by atoms with E-state index in [2.05, 4.69) is 10.6 Å². The number of carbonyl (C=O) groups excluding carboxylic acids is 4. The summed E-state index contributed by atoms with van der Waals surface area (Å²) < 4.78 is 10.9. The van der Waals surface area contributed by atoms with E-state index in [1.54, 1.807) is 82.3 Å². The molecule has 1 aliphatic rings. The van der Waals surface area contributed by atoms with Crippen LogP contribution in [0, 0.1) is 6.92 Å². The van der Waals surface area contributed by atoms with Crippen molar-refractivity contribution in [3.05, 3.63) is 93.5 Å². The van der Waals surface area contributed by atoms with Gasteiger partial charge in [0.05, 0.1) is 29.2 Å². The van der Waals surface area contributed by atoms with Crippen molar-refractivity contribution in [2.45, 2.75) is 39.8 Å². The number of amides is 4. The summed E-state index contributed by atoms with van der Waals surface area (Å²) in [6, 6.07) is 16.8. The Morgan fingerprint density at radius 2 is 1.57 bits per heavy atom. The summed E-state index contributed by atoms with van der Waals surface area (Å²) in [5.74, 6) is -0.591. The Labute approximate surface area is 237 Å². The molecule has 3 aromatic rings. The van der Waals surface area contributed by atoms with Gasteiger partial charge in [0.2, 0.25) is 0 Å². The number of ether oxygens (including phenoxy) is 2. The van der Waals surface area contributed by atoms with Crippen molar-refractivity contribution in [1.29, 1.82) is 0 Å². The highest BCUT2D eigenvalue weighted by atomic mass is 35.5. The number of nitrogens with one attached hydrogen (secondary N) is 2. The maximum atomic E-state index is 12.9. The minimum atomic E-state index is -0.592. The summed E-state index contributed by atoms with van der Waals surface area (Å²) in [6.45, 7) is 7.62. The van der Waals surface area contributed by atoms with Crippen molar-refractivity contribution in [3.8, 4) is 5.75 Å². The fourth-order valence-corrected chi connectivity index (χ4v) is 4.45. The van der Waals surface area contributed by atoms with Crippen LogP contribution in [0.1, 0.15) is 63.0 Å². The van der Waals surface area contributed by atoms with Crippen LogP contribution in [0.5, 0.6) is 5.75 Å². The molecular weight excluding hydrogens is 534 g/mol. The molecule has 0 saturated carbocycles. The summed E-state index contributed by atoms with van der Waals surface area (Å²) in [4.78, 5) is 51.1. The van der Waals surface area contributed by atoms with Gasteiger partial charge in [0.1, 0.15) is 18.0 Å². The molecule has 0 unspecified atom stereocenters. The number of aryl methyl sites for hydroxylation is 1. The predicted octanol–water partition coefficient (Wildman–Crippen LogP) is 5.60. The maximum absolute atomic E-state index is 12.9. The Kier molecular flexibility index (Phi) is 8.44. The minimum absolute atomic E-state index is 0.129. The van der Waals surface area contributed by atoms with E-state index >= 15 is 0 Å². The molecule has 40 heavy (non-hydrogen) atoms. The average Bonchev–Trinajstić information content (AvgIpc) is 3.12. The highest BCUT2D eigenvalue weighted by Crippen LogP contribution is 2.30. The number of rotatable bonds is 8. The summed E-state index contributed by atoms with van der Waals surface area (Å²) in [5, 5.41) is 5.69. The third-order valence-corrected chi connectivity index (χ3v) is 6.22. The number of alkyl carbamates (subject to hydrolysis) is 1. The van der Waals surface area contributed by atoms with E-state index < -0.39 is 11.7 Å². The number of fused-ring (bicyclic) bond motifs is 1. The molecule has 2 N–H and O–H groups in total. The molecule has 1 aliphatic heterocycles. The Hall–Kier alpha value is -4.37. The van der Waals surface area contributed by atoms with Gasteiger partial charge in [-0.05, 0) is 75.2 Å². The molecule has 0 atom stereocenters. The van der Waals surface area contributed by atoms with Crippen LogP contribution in [0.25, 0.3) is 0 Å². The number of benzene rings is 3. The lowest BCUT2D eigenvalue weighted by Crippen LogP contribution is -2.34. The SMILES string of the molecule is Cc1cc(C(=O)Nc2ccc(CN3C(=O)c4ccccc4C3=O)cc2)cc(Cl)c1OCCNC(=O)OC(C)(C)C.